The largest absolute Gasteiger partial charge is 0.381 e. The van der Waals surface area contributed by atoms with Gasteiger partial charge in [-0.2, -0.15) is 10.2 Å². The molecule has 4 rings (SSSR count). The van der Waals surface area contributed by atoms with Crippen LogP contribution in [0.2, 0.25) is 0 Å². The van der Waals surface area contributed by atoms with Crippen LogP contribution in [0.15, 0.2) is 55.2 Å². The van der Waals surface area contributed by atoms with Crippen molar-refractivity contribution >= 4 is 16.6 Å². The summed E-state index contributed by atoms with van der Waals surface area (Å²) < 4.78 is 31.9. The molecule has 7 nitrogen and oxygen atoms in total. The van der Waals surface area contributed by atoms with E-state index in [1.807, 2.05) is 6.07 Å². The molecule has 38 heavy (non-hydrogen) atoms. The summed E-state index contributed by atoms with van der Waals surface area (Å²) in [4.78, 5) is 6.39. The summed E-state index contributed by atoms with van der Waals surface area (Å²) in [6, 6.07) is 8.72. The first-order valence-corrected chi connectivity index (χ1v) is 13.4. The zero-order valence-corrected chi connectivity index (χ0v) is 22.9. The van der Waals surface area contributed by atoms with Gasteiger partial charge in [-0.25, -0.2) is 18.4 Å². The van der Waals surface area contributed by atoms with Crippen LogP contribution in [0, 0.1) is 23.5 Å². The standard InChI is InChI=1S/C29H38F2N6O/c1-6-22(7-2)16-35(15-20(3)4)25-9-11-28-23(12-25)14-33-37(28)21(5)29(38,17-36-19-32-18-34-36)26-10-8-24(30)13-27(26)31/h8-14,18-22,38H,6-7,15-17H2,1-5H3/t21-,29-/m1/s1. The molecule has 2 aromatic heterocycles. The van der Waals surface area contributed by atoms with Crippen molar-refractivity contribution in [1.82, 2.24) is 24.5 Å². The highest BCUT2D eigenvalue weighted by Gasteiger charge is 2.41. The summed E-state index contributed by atoms with van der Waals surface area (Å²) in [7, 11) is 0. The van der Waals surface area contributed by atoms with Crippen molar-refractivity contribution in [2.24, 2.45) is 11.8 Å². The molecule has 4 aromatic rings. The van der Waals surface area contributed by atoms with E-state index in [2.05, 4.69) is 59.9 Å². The maximum atomic E-state index is 15.0. The third-order valence-corrected chi connectivity index (χ3v) is 7.49. The molecule has 0 unspecified atom stereocenters. The predicted octanol–water partition coefficient (Wildman–Crippen LogP) is 5.95. The predicted molar refractivity (Wildman–Crippen MR) is 146 cm³/mol. The molecule has 204 valence electrons. The monoisotopic (exact) mass is 524 g/mol. The Bertz CT molecular complexity index is 1330. The molecule has 0 fully saturated rings. The first-order chi connectivity index (χ1) is 18.2. The van der Waals surface area contributed by atoms with E-state index >= 15 is 4.39 Å². The van der Waals surface area contributed by atoms with Gasteiger partial charge in [0.1, 0.15) is 29.9 Å². The van der Waals surface area contributed by atoms with Gasteiger partial charge in [0.05, 0.1) is 24.3 Å². The summed E-state index contributed by atoms with van der Waals surface area (Å²) in [6.45, 7) is 12.6. The maximum Gasteiger partial charge on any atom is 0.137 e. The van der Waals surface area contributed by atoms with Gasteiger partial charge in [0.15, 0.2) is 0 Å². The first-order valence-electron chi connectivity index (χ1n) is 13.4. The normalized spacial score (nSPS) is 14.4. The van der Waals surface area contributed by atoms with Crippen molar-refractivity contribution in [3.05, 3.63) is 72.4 Å². The molecule has 0 aliphatic heterocycles. The number of halogens is 2. The second kappa shape index (κ2) is 11.6. The van der Waals surface area contributed by atoms with Gasteiger partial charge < -0.3 is 10.0 Å². The van der Waals surface area contributed by atoms with Crippen LogP contribution < -0.4 is 4.90 Å². The van der Waals surface area contributed by atoms with Crippen LogP contribution in [-0.4, -0.2) is 42.7 Å². The minimum Gasteiger partial charge on any atom is -0.381 e. The van der Waals surface area contributed by atoms with Gasteiger partial charge >= 0.3 is 0 Å². The second-order valence-corrected chi connectivity index (χ2v) is 10.6. The highest BCUT2D eigenvalue weighted by molar-refractivity contribution is 5.83. The van der Waals surface area contributed by atoms with E-state index in [1.54, 1.807) is 17.8 Å². The van der Waals surface area contributed by atoms with E-state index in [9.17, 15) is 9.50 Å². The fraction of sp³-hybridized carbons (Fsp3) is 0.483. The Morgan fingerprint density at radius 2 is 1.76 bits per heavy atom. The lowest BCUT2D eigenvalue weighted by Gasteiger charge is -2.35. The Hall–Kier alpha value is -3.33. The van der Waals surface area contributed by atoms with Crippen molar-refractivity contribution in [2.45, 2.75) is 65.6 Å². The lowest BCUT2D eigenvalue weighted by molar-refractivity contribution is -0.0354. The van der Waals surface area contributed by atoms with Crippen molar-refractivity contribution in [2.75, 3.05) is 18.0 Å². The molecular weight excluding hydrogens is 486 g/mol. The third-order valence-electron chi connectivity index (χ3n) is 7.49. The van der Waals surface area contributed by atoms with Gasteiger partial charge in [0, 0.05) is 35.8 Å². The number of benzene rings is 2. The number of anilines is 1. The highest BCUT2D eigenvalue weighted by atomic mass is 19.1. The molecule has 0 aliphatic rings. The van der Waals surface area contributed by atoms with Gasteiger partial charge in [-0.05, 0) is 43.0 Å². The number of hydrogen-bond donors (Lipinski definition) is 1. The fourth-order valence-corrected chi connectivity index (χ4v) is 5.18. The van der Waals surface area contributed by atoms with Crippen LogP contribution in [0.4, 0.5) is 14.5 Å². The van der Waals surface area contributed by atoms with Crippen molar-refractivity contribution in [3.8, 4) is 0 Å². The van der Waals surface area contributed by atoms with Gasteiger partial charge in [0.25, 0.3) is 0 Å². The summed E-state index contributed by atoms with van der Waals surface area (Å²) >= 11 is 0. The average molecular weight is 525 g/mol. The van der Waals surface area contributed by atoms with Crippen LogP contribution in [0.1, 0.15) is 59.1 Å². The number of aliphatic hydroxyl groups is 1. The van der Waals surface area contributed by atoms with Gasteiger partial charge in [-0.15, -0.1) is 0 Å². The van der Waals surface area contributed by atoms with E-state index < -0.39 is 23.3 Å². The number of fused-ring (bicyclic) bond motifs is 1. The van der Waals surface area contributed by atoms with Crippen molar-refractivity contribution in [3.63, 3.8) is 0 Å². The molecule has 2 atom stereocenters. The van der Waals surface area contributed by atoms with Crippen LogP contribution in [0.25, 0.3) is 10.9 Å². The molecule has 0 saturated heterocycles. The van der Waals surface area contributed by atoms with Crippen LogP contribution in [0.5, 0.6) is 0 Å². The van der Waals surface area contributed by atoms with Crippen molar-refractivity contribution < 1.29 is 13.9 Å². The number of rotatable bonds is 12. The lowest BCUT2D eigenvalue weighted by Crippen LogP contribution is -2.41. The molecule has 9 heteroatoms. The number of nitrogens with zero attached hydrogens (tertiary/aromatic N) is 6. The molecule has 0 bridgehead atoms. The Balaban J connectivity index is 1.73. The zero-order chi connectivity index (χ0) is 27.4. The van der Waals surface area contributed by atoms with Crippen LogP contribution in [0.3, 0.4) is 0 Å². The Kier molecular flexibility index (Phi) is 8.45. The molecule has 0 amide bonds. The smallest absolute Gasteiger partial charge is 0.137 e. The summed E-state index contributed by atoms with van der Waals surface area (Å²) in [6.07, 6.45) is 6.84. The van der Waals surface area contributed by atoms with E-state index in [0.29, 0.717) is 11.8 Å². The third kappa shape index (κ3) is 5.72. The second-order valence-electron chi connectivity index (χ2n) is 10.6. The Morgan fingerprint density at radius 1 is 1.00 bits per heavy atom. The maximum absolute atomic E-state index is 15.0. The molecule has 0 spiro atoms. The van der Waals surface area contributed by atoms with Crippen molar-refractivity contribution in [1.29, 1.82) is 0 Å². The minimum atomic E-state index is -1.79. The van der Waals surface area contributed by atoms with Crippen LogP contribution in [-0.2, 0) is 12.1 Å². The first kappa shape index (κ1) is 27.7. The molecule has 0 saturated carbocycles. The highest BCUT2D eigenvalue weighted by Crippen LogP contribution is 2.38. The van der Waals surface area contributed by atoms with Crippen LogP contribution >= 0.6 is 0 Å². The van der Waals surface area contributed by atoms with Gasteiger partial charge in [0.2, 0.25) is 0 Å². The Labute approximate surface area is 223 Å². The SMILES string of the molecule is CCC(CC)CN(CC(C)C)c1ccc2c(cnn2[C@H](C)[C@](O)(Cn2cncn2)c2ccc(F)cc2F)c1. The van der Waals surface area contributed by atoms with Gasteiger partial charge in [-0.1, -0.05) is 46.6 Å². The number of aromatic nitrogens is 5. The topological polar surface area (TPSA) is 72.0 Å². The number of hydrogen-bond acceptors (Lipinski definition) is 5. The van der Waals surface area contributed by atoms with E-state index in [4.69, 9.17) is 0 Å². The molecule has 2 aromatic carbocycles. The lowest BCUT2D eigenvalue weighted by atomic mass is 9.86. The average Bonchev–Trinajstić information content (AvgIpc) is 3.55. The van der Waals surface area contributed by atoms with E-state index in [1.165, 1.54) is 23.4 Å². The zero-order valence-electron chi connectivity index (χ0n) is 22.9. The molecule has 1 N–H and O–H groups in total. The van der Waals surface area contributed by atoms with E-state index in [-0.39, 0.29) is 12.1 Å². The van der Waals surface area contributed by atoms with Gasteiger partial charge in [-0.3, -0.25) is 4.68 Å². The summed E-state index contributed by atoms with van der Waals surface area (Å²) in [5, 5.41) is 21.6. The Morgan fingerprint density at radius 3 is 2.39 bits per heavy atom. The minimum absolute atomic E-state index is 0.0320. The molecule has 2 heterocycles. The summed E-state index contributed by atoms with van der Waals surface area (Å²) in [5.74, 6) is -0.410. The fourth-order valence-electron chi connectivity index (χ4n) is 5.18. The molecule has 0 radical (unpaired) electrons. The summed E-state index contributed by atoms with van der Waals surface area (Å²) in [5.41, 5.74) is 0.124. The molecule has 0 aliphatic carbocycles. The quantitative estimate of drug-likeness (QED) is 0.248. The molecular formula is C29H38F2N6O. The van der Waals surface area contributed by atoms with E-state index in [0.717, 1.165) is 54.7 Å².